The number of aryl methyl sites for hydroxylation is 1. The van der Waals surface area contributed by atoms with Crippen LogP contribution in [0.1, 0.15) is 78.0 Å². The van der Waals surface area contributed by atoms with Crippen molar-refractivity contribution in [3.8, 4) is 5.75 Å². The third kappa shape index (κ3) is 8.17. The van der Waals surface area contributed by atoms with Crippen LogP contribution in [0.4, 0.5) is 0 Å². The second-order valence-corrected chi connectivity index (χ2v) is 9.25. The van der Waals surface area contributed by atoms with Gasteiger partial charge in [-0.1, -0.05) is 39.3 Å². The van der Waals surface area contributed by atoms with Crippen molar-refractivity contribution in [2.75, 3.05) is 19.8 Å². The van der Waals surface area contributed by atoms with Gasteiger partial charge in [0.15, 0.2) is 5.58 Å². The van der Waals surface area contributed by atoms with Crippen LogP contribution in [0.15, 0.2) is 16.7 Å². The molecule has 0 saturated carbocycles. The second-order valence-electron chi connectivity index (χ2n) is 9.25. The van der Waals surface area contributed by atoms with Gasteiger partial charge in [-0.15, -0.1) is 0 Å². The lowest BCUT2D eigenvalue weighted by Gasteiger charge is -2.16. The van der Waals surface area contributed by atoms with Crippen molar-refractivity contribution >= 4 is 22.8 Å². The lowest BCUT2D eigenvalue weighted by molar-refractivity contribution is -0.143. The summed E-state index contributed by atoms with van der Waals surface area (Å²) in [6, 6.07) is 4.02. The first kappa shape index (κ1) is 25.7. The van der Waals surface area contributed by atoms with Crippen molar-refractivity contribution in [3.05, 3.63) is 23.4 Å². The normalized spacial score (nSPS) is 11.5. The van der Waals surface area contributed by atoms with Gasteiger partial charge in [0, 0.05) is 30.3 Å². The molecule has 32 heavy (non-hydrogen) atoms. The molecule has 1 aromatic heterocycles. The van der Waals surface area contributed by atoms with Gasteiger partial charge in [0.05, 0.1) is 18.9 Å². The quantitative estimate of drug-likeness (QED) is 0.344. The van der Waals surface area contributed by atoms with Crippen molar-refractivity contribution in [1.82, 2.24) is 10.5 Å². The lowest BCUT2D eigenvalue weighted by atomic mass is 9.89. The second kappa shape index (κ2) is 12.5. The van der Waals surface area contributed by atoms with E-state index in [-0.39, 0.29) is 17.3 Å². The summed E-state index contributed by atoms with van der Waals surface area (Å²) in [5, 5.41) is 8.21. The number of nitrogens with one attached hydrogen (secondary N) is 1. The number of fused-ring (bicyclic) bond motifs is 1. The topological polar surface area (TPSA) is 90.7 Å². The zero-order valence-electron chi connectivity index (χ0n) is 20.2. The highest BCUT2D eigenvalue weighted by Crippen LogP contribution is 2.33. The number of ether oxygens (including phenoxy) is 2. The van der Waals surface area contributed by atoms with Gasteiger partial charge in [-0.3, -0.25) is 9.59 Å². The summed E-state index contributed by atoms with van der Waals surface area (Å²) in [5.41, 5.74) is 2.96. The van der Waals surface area contributed by atoms with E-state index in [4.69, 9.17) is 14.0 Å². The van der Waals surface area contributed by atoms with Crippen LogP contribution in [0, 0.1) is 5.41 Å². The molecule has 0 saturated heterocycles. The Hall–Kier alpha value is -2.57. The maximum Gasteiger partial charge on any atom is 0.305 e. The van der Waals surface area contributed by atoms with Gasteiger partial charge in [-0.25, -0.2) is 0 Å². The molecule has 2 aromatic rings. The molecule has 0 bridgehead atoms. The number of rotatable bonds is 13. The molecule has 1 N–H and O–H groups in total. The van der Waals surface area contributed by atoms with Crippen molar-refractivity contribution < 1.29 is 23.6 Å². The molecule has 0 fully saturated rings. The van der Waals surface area contributed by atoms with Gasteiger partial charge in [0.1, 0.15) is 5.75 Å². The molecule has 0 radical (unpaired) electrons. The number of aromatic nitrogens is 1. The first-order valence-corrected chi connectivity index (χ1v) is 11.7. The summed E-state index contributed by atoms with van der Waals surface area (Å²) in [6.45, 7) is 11.8. The van der Waals surface area contributed by atoms with Crippen LogP contribution in [0.3, 0.4) is 0 Å². The minimum absolute atomic E-state index is 0.0382. The number of amides is 1. The summed E-state index contributed by atoms with van der Waals surface area (Å²) in [5.74, 6) is 0.531. The van der Waals surface area contributed by atoms with Gasteiger partial charge < -0.3 is 19.3 Å². The lowest BCUT2D eigenvalue weighted by Crippen LogP contribution is -2.25. The van der Waals surface area contributed by atoms with E-state index in [0.717, 1.165) is 47.2 Å². The summed E-state index contributed by atoms with van der Waals surface area (Å²) in [4.78, 5) is 23.3. The van der Waals surface area contributed by atoms with E-state index in [9.17, 15) is 9.59 Å². The largest absolute Gasteiger partial charge is 0.493 e. The van der Waals surface area contributed by atoms with Crippen molar-refractivity contribution in [2.45, 2.75) is 79.6 Å². The van der Waals surface area contributed by atoms with E-state index in [1.807, 2.05) is 12.1 Å². The van der Waals surface area contributed by atoms with Gasteiger partial charge in [0.2, 0.25) is 5.91 Å². The van der Waals surface area contributed by atoms with E-state index >= 15 is 0 Å². The predicted octanol–water partition coefficient (Wildman–Crippen LogP) is 4.99. The highest BCUT2D eigenvalue weighted by molar-refractivity contribution is 5.84. The standard InChI is InChI=1S/C25H38N2O5/c1-6-10-19-21(14-13-18-20(17-25(3,4)5)27-32-24(18)19)31-16-9-11-22(28)26-15-8-12-23(29)30-7-2/h13-14H,6-12,15-17H2,1-5H3,(H,26,28). The smallest absolute Gasteiger partial charge is 0.305 e. The Morgan fingerprint density at radius 3 is 2.59 bits per heavy atom. The average Bonchev–Trinajstić information content (AvgIpc) is 3.11. The maximum atomic E-state index is 12.0. The molecule has 178 valence electrons. The SMILES string of the molecule is CCCc1c(OCCCC(=O)NCCCC(=O)OCC)ccc2c(CC(C)(C)C)noc12. The van der Waals surface area contributed by atoms with Crippen LogP contribution < -0.4 is 10.1 Å². The molecule has 0 unspecified atom stereocenters. The van der Waals surface area contributed by atoms with Gasteiger partial charge in [0.25, 0.3) is 0 Å². The van der Waals surface area contributed by atoms with Crippen molar-refractivity contribution in [1.29, 1.82) is 0 Å². The zero-order chi connectivity index (χ0) is 23.6. The Bertz CT molecular complexity index is 882. The Labute approximate surface area is 191 Å². The summed E-state index contributed by atoms with van der Waals surface area (Å²) < 4.78 is 16.6. The number of hydrogen-bond acceptors (Lipinski definition) is 6. The molecular weight excluding hydrogens is 408 g/mol. The Morgan fingerprint density at radius 1 is 1.12 bits per heavy atom. The number of carbonyl (C=O) groups excluding carboxylic acids is 2. The molecule has 1 heterocycles. The predicted molar refractivity (Wildman–Crippen MR) is 125 cm³/mol. The zero-order valence-corrected chi connectivity index (χ0v) is 20.2. The number of hydrogen-bond donors (Lipinski definition) is 1. The minimum atomic E-state index is -0.229. The molecule has 2 rings (SSSR count). The fourth-order valence-corrected chi connectivity index (χ4v) is 3.54. The summed E-state index contributed by atoms with van der Waals surface area (Å²) in [6.07, 6.45) is 4.55. The van der Waals surface area contributed by atoms with Gasteiger partial charge in [-0.05, 0) is 50.2 Å². The Morgan fingerprint density at radius 2 is 1.91 bits per heavy atom. The van der Waals surface area contributed by atoms with Crippen LogP contribution in [-0.2, 0) is 27.2 Å². The third-order valence-corrected chi connectivity index (χ3v) is 4.96. The number of carbonyl (C=O) groups is 2. The highest BCUT2D eigenvalue weighted by Gasteiger charge is 2.20. The van der Waals surface area contributed by atoms with Crippen LogP contribution in [0.25, 0.3) is 11.0 Å². The monoisotopic (exact) mass is 446 g/mol. The molecule has 7 nitrogen and oxygen atoms in total. The first-order valence-electron chi connectivity index (χ1n) is 11.7. The number of nitrogens with zero attached hydrogens (tertiary/aromatic N) is 1. The fraction of sp³-hybridized carbons (Fsp3) is 0.640. The fourth-order valence-electron chi connectivity index (χ4n) is 3.54. The molecule has 1 amide bonds. The Kier molecular flexibility index (Phi) is 10.0. The molecule has 1 aromatic carbocycles. The third-order valence-electron chi connectivity index (χ3n) is 4.96. The molecule has 0 aliphatic rings. The van der Waals surface area contributed by atoms with E-state index in [0.29, 0.717) is 45.4 Å². The van der Waals surface area contributed by atoms with E-state index < -0.39 is 0 Å². The van der Waals surface area contributed by atoms with Crippen LogP contribution >= 0.6 is 0 Å². The number of esters is 1. The molecule has 0 aliphatic heterocycles. The molecule has 7 heteroatoms. The van der Waals surface area contributed by atoms with E-state index in [1.165, 1.54) is 0 Å². The molecular formula is C25H38N2O5. The van der Waals surface area contributed by atoms with Crippen molar-refractivity contribution in [3.63, 3.8) is 0 Å². The van der Waals surface area contributed by atoms with E-state index in [1.54, 1.807) is 6.92 Å². The highest BCUT2D eigenvalue weighted by atomic mass is 16.5. The molecule has 0 spiro atoms. The minimum Gasteiger partial charge on any atom is -0.493 e. The van der Waals surface area contributed by atoms with Crippen LogP contribution in [-0.4, -0.2) is 36.8 Å². The Balaban J connectivity index is 1.85. The van der Waals surface area contributed by atoms with Gasteiger partial charge in [-0.2, -0.15) is 0 Å². The number of benzene rings is 1. The first-order chi connectivity index (χ1) is 15.2. The van der Waals surface area contributed by atoms with Crippen molar-refractivity contribution in [2.24, 2.45) is 5.41 Å². The molecule has 0 aliphatic carbocycles. The van der Waals surface area contributed by atoms with Gasteiger partial charge >= 0.3 is 5.97 Å². The maximum absolute atomic E-state index is 12.0. The van der Waals surface area contributed by atoms with E-state index in [2.05, 4.69) is 38.2 Å². The van der Waals surface area contributed by atoms with Crippen LogP contribution in [0.2, 0.25) is 0 Å². The summed E-state index contributed by atoms with van der Waals surface area (Å²) >= 11 is 0. The van der Waals surface area contributed by atoms with Crippen LogP contribution in [0.5, 0.6) is 5.75 Å². The molecule has 0 atom stereocenters. The average molecular weight is 447 g/mol. The summed E-state index contributed by atoms with van der Waals surface area (Å²) in [7, 11) is 0.